The third-order valence-electron chi connectivity index (χ3n) is 4.12. The minimum Gasteiger partial charge on any atom is -0.489 e. The molecule has 1 fully saturated rings. The van der Waals surface area contributed by atoms with E-state index in [-0.39, 0.29) is 11.9 Å². The molecule has 0 saturated heterocycles. The molecule has 0 aromatic heterocycles. The van der Waals surface area contributed by atoms with Crippen molar-refractivity contribution >= 4 is 0 Å². The van der Waals surface area contributed by atoms with E-state index in [1.54, 1.807) is 6.07 Å². The molecule has 1 aromatic carbocycles. The highest BCUT2D eigenvalue weighted by Gasteiger charge is 2.35. The molecule has 0 bridgehead atoms. The molecule has 2 rings (SSSR count). The van der Waals surface area contributed by atoms with Crippen LogP contribution in [0.4, 0.5) is 4.39 Å². The Hall–Kier alpha value is -1.09. The van der Waals surface area contributed by atoms with Gasteiger partial charge in [0.05, 0.1) is 0 Å². The van der Waals surface area contributed by atoms with Gasteiger partial charge in [-0.25, -0.2) is 4.39 Å². The molecule has 0 aliphatic heterocycles. The Morgan fingerprint density at radius 1 is 1.37 bits per heavy atom. The monoisotopic (exact) mass is 265 g/mol. The van der Waals surface area contributed by atoms with E-state index >= 15 is 0 Å². The second kappa shape index (κ2) is 5.49. The normalized spacial score (nSPS) is 26.2. The van der Waals surface area contributed by atoms with Gasteiger partial charge in [0.25, 0.3) is 0 Å². The Labute approximate surface area is 115 Å². The van der Waals surface area contributed by atoms with Gasteiger partial charge in [-0.3, -0.25) is 0 Å². The Morgan fingerprint density at radius 2 is 2.11 bits per heavy atom. The van der Waals surface area contributed by atoms with E-state index in [1.807, 2.05) is 14.0 Å². The zero-order valence-corrected chi connectivity index (χ0v) is 12.3. The van der Waals surface area contributed by atoms with Crippen molar-refractivity contribution in [3.63, 3.8) is 0 Å². The van der Waals surface area contributed by atoms with Crippen molar-refractivity contribution < 1.29 is 9.13 Å². The molecule has 0 radical (unpaired) electrons. The molecule has 3 heteroatoms. The number of halogens is 1. The standard InChI is InChI=1S/C16H24FNO/c1-11-9-12(17)5-6-14(11)19-15-10-16(2,3)8-7-13(15)18-4/h5-6,9,13,15,18H,7-8,10H2,1-4H3. The number of likely N-dealkylation sites (N-methyl/N-ethyl adjacent to an activating group) is 1. The predicted molar refractivity (Wildman–Crippen MR) is 76.0 cm³/mol. The van der Waals surface area contributed by atoms with Crippen molar-refractivity contribution in [3.05, 3.63) is 29.6 Å². The SMILES string of the molecule is CNC1CCC(C)(C)CC1Oc1ccc(F)cc1C. The predicted octanol–water partition coefficient (Wildman–Crippen LogP) is 3.68. The molecule has 0 amide bonds. The summed E-state index contributed by atoms with van der Waals surface area (Å²) in [5.74, 6) is 0.586. The zero-order chi connectivity index (χ0) is 14.0. The fourth-order valence-electron chi connectivity index (χ4n) is 2.88. The number of aryl methyl sites for hydroxylation is 1. The van der Waals surface area contributed by atoms with Crippen molar-refractivity contribution in [2.75, 3.05) is 7.05 Å². The van der Waals surface area contributed by atoms with E-state index in [9.17, 15) is 4.39 Å². The molecule has 2 atom stereocenters. The van der Waals surface area contributed by atoms with Gasteiger partial charge >= 0.3 is 0 Å². The minimum atomic E-state index is -0.209. The lowest BCUT2D eigenvalue weighted by molar-refractivity contribution is 0.0553. The number of hydrogen-bond donors (Lipinski definition) is 1. The quantitative estimate of drug-likeness (QED) is 0.900. The molecular formula is C16H24FNO. The van der Waals surface area contributed by atoms with Gasteiger partial charge < -0.3 is 10.1 Å². The van der Waals surface area contributed by atoms with Gasteiger partial charge in [-0.1, -0.05) is 13.8 Å². The zero-order valence-electron chi connectivity index (χ0n) is 12.3. The van der Waals surface area contributed by atoms with Crippen LogP contribution in [-0.2, 0) is 0 Å². The van der Waals surface area contributed by atoms with Crippen LogP contribution in [0.5, 0.6) is 5.75 Å². The van der Waals surface area contributed by atoms with E-state index in [1.165, 1.54) is 18.6 Å². The third-order valence-corrected chi connectivity index (χ3v) is 4.12. The van der Waals surface area contributed by atoms with E-state index in [0.717, 1.165) is 24.2 Å². The van der Waals surface area contributed by atoms with Crippen LogP contribution < -0.4 is 10.1 Å². The molecule has 1 aliphatic carbocycles. The van der Waals surface area contributed by atoms with Crippen LogP contribution in [0, 0.1) is 18.2 Å². The lowest BCUT2D eigenvalue weighted by atomic mass is 9.74. The summed E-state index contributed by atoms with van der Waals surface area (Å²) < 4.78 is 19.3. The average molecular weight is 265 g/mol. The first kappa shape index (κ1) is 14.3. The number of nitrogens with one attached hydrogen (secondary N) is 1. The summed E-state index contributed by atoms with van der Waals surface area (Å²) in [6, 6.07) is 5.10. The van der Waals surface area contributed by atoms with Crippen LogP contribution in [0.15, 0.2) is 18.2 Å². The van der Waals surface area contributed by atoms with E-state index in [4.69, 9.17) is 4.74 Å². The van der Waals surface area contributed by atoms with E-state index < -0.39 is 0 Å². The molecule has 1 aliphatic rings. The summed E-state index contributed by atoms with van der Waals surface area (Å²) in [6.07, 6.45) is 3.50. The third kappa shape index (κ3) is 3.47. The molecule has 0 spiro atoms. The molecule has 2 unspecified atom stereocenters. The fraction of sp³-hybridized carbons (Fsp3) is 0.625. The van der Waals surface area contributed by atoms with Gasteiger partial charge in [-0.05, 0) is 62.4 Å². The van der Waals surface area contributed by atoms with Gasteiger partial charge in [-0.15, -0.1) is 0 Å². The highest BCUT2D eigenvalue weighted by Crippen LogP contribution is 2.37. The van der Waals surface area contributed by atoms with Gasteiger partial charge in [0.2, 0.25) is 0 Å². The van der Waals surface area contributed by atoms with Gasteiger partial charge in [0.1, 0.15) is 17.7 Å². The highest BCUT2D eigenvalue weighted by atomic mass is 19.1. The van der Waals surface area contributed by atoms with Gasteiger partial charge in [0.15, 0.2) is 0 Å². The van der Waals surface area contributed by atoms with Gasteiger partial charge in [-0.2, -0.15) is 0 Å². The first-order chi connectivity index (χ1) is 8.91. The fourth-order valence-corrected chi connectivity index (χ4v) is 2.88. The first-order valence-electron chi connectivity index (χ1n) is 7.01. The van der Waals surface area contributed by atoms with Crippen molar-refractivity contribution in [1.29, 1.82) is 0 Å². The van der Waals surface area contributed by atoms with E-state index in [0.29, 0.717) is 11.5 Å². The highest BCUT2D eigenvalue weighted by molar-refractivity contribution is 5.33. The Balaban J connectivity index is 2.14. The maximum atomic E-state index is 13.1. The summed E-state index contributed by atoms with van der Waals surface area (Å²) >= 11 is 0. The molecular weight excluding hydrogens is 241 g/mol. The lowest BCUT2D eigenvalue weighted by Crippen LogP contribution is -2.47. The van der Waals surface area contributed by atoms with E-state index in [2.05, 4.69) is 19.2 Å². The molecule has 0 heterocycles. The summed E-state index contributed by atoms with van der Waals surface area (Å²) in [5, 5.41) is 3.34. The number of rotatable bonds is 3. The molecule has 19 heavy (non-hydrogen) atoms. The largest absolute Gasteiger partial charge is 0.489 e. The summed E-state index contributed by atoms with van der Waals surface area (Å²) in [7, 11) is 1.98. The van der Waals surface area contributed by atoms with Crippen molar-refractivity contribution in [2.45, 2.75) is 52.2 Å². The second-order valence-electron chi connectivity index (χ2n) is 6.37. The summed E-state index contributed by atoms with van der Waals surface area (Å²) in [5.41, 5.74) is 1.17. The number of hydrogen-bond acceptors (Lipinski definition) is 2. The first-order valence-corrected chi connectivity index (χ1v) is 7.01. The maximum absolute atomic E-state index is 13.1. The molecule has 1 aromatic rings. The maximum Gasteiger partial charge on any atom is 0.123 e. The Kier molecular flexibility index (Phi) is 4.14. The van der Waals surface area contributed by atoms with Crippen molar-refractivity contribution in [3.8, 4) is 5.75 Å². The van der Waals surface area contributed by atoms with Crippen molar-refractivity contribution in [2.24, 2.45) is 5.41 Å². The number of benzene rings is 1. The van der Waals surface area contributed by atoms with Crippen LogP contribution in [-0.4, -0.2) is 19.2 Å². The van der Waals surface area contributed by atoms with Gasteiger partial charge in [0, 0.05) is 6.04 Å². The van der Waals surface area contributed by atoms with Crippen LogP contribution in [0.2, 0.25) is 0 Å². The molecule has 1 N–H and O–H groups in total. The number of ether oxygens (including phenoxy) is 1. The van der Waals surface area contributed by atoms with Crippen LogP contribution in [0.1, 0.15) is 38.7 Å². The van der Waals surface area contributed by atoms with Crippen LogP contribution in [0.25, 0.3) is 0 Å². The minimum absolute atomic E-state index is 0.151. The summed E-state index contributed by atoms with van der Waals surface area (Å²) in [6.45, 7) is 6.46. The second-order valence-corrected chi connectivity index (χ2v) is 6.37. The molecule has 106 valence electrons. The summed E-state index contributed by atoms with van der Waals surface area (Å²) in [4.78, 5) is 0. The van der Waals surface area contributed by atoms with Crippen LogP contribution >= 0.6 is 0 Å². The van der Waals surface area contributed by atoms with Crippen molar-refractivity contribution in [1.82, 2.24) is 5.32 Å². The average Bonchev–Trinajstić information content (AvgIpc) is 2.32. The smallest absolute Gasteiger partial charge is 0.123 e. The lowest BCUT2D eigenvalue weighted by Gasteiger charge is -2.40. The Morgan fingerprint density at radius 3 is 2.74 bits per heavy atom. The Bertz CT molecular complexity index is 444. The molecule has 2 nitrogen and oxygen atoms in total. The topological polar surface area (TPSA) is 21.3 Å². The molecule has 1 saturated carbocycles. The van der Waals surface area contributed by atoms with Crippen LogP contribution in [0.3, 0.4) is 0 Å².